The molecule has 1 unspecified atom stereocenters. The van der Waals surface area contributed by atoms with Gasteiger partial charge in [0.1, 0.15) is 11.5 Å². The van der Waals surface area contributed by atoms with Crippen LogP contribution in [-0.4, -0.2) is 23.7 Å². The molecule has 1 amide bonds. The third-order valence-electron chi connectivity index (χ3n) is 2.26. The molecule has 1 atom stereocenters. The number of aliphatic hydroxyl groups excluding tert-OH is 1. The largest absolute Gasteiger partial charge is 0.462 e. The van der Waals surface area contributed by atoms with Crippen LogP contribution in [0.25, 0.3) is 6.08 Å². The van der Waals surface area contributed by atoms with Crippen LogP contribution in [-0.2, 0) is 4.79 Å². The van der Waals surface area contributed by atoms with E-state index in [1.165, 1.54) is 6.08 Å². The SMILES string of the molecule is Cc1ccc(/C=C/C(=O)NCCCC(C)O)o1. The monoisotopic (exact) mass is 237 g/mol. The van der Waals surface area contributed by atoms with E-state index in [9.17, 15) is 4.79 Å². The normalized spacial score (nSPS) is 12.9. The highest BCUT2D eigenvalue weighted by molar-refractivity contribution is 5.91. The average molecular weight is 237 g/mol. The van der Waals surface area contributed by atoms with Crippen molar-refractivity contribution in [2.45, 2.75) is 32.8 Å². The summed E-state index contributed by atoms with van der Waals surface area (Å²) in [6.07, 6.45) is 4.24. The van der Waals surface area contributed by atoms with Gasteiger partial charge in [-0.2, -0.15) is 0 Å². The fourth-order valence-electron chi connectivity index (χ4n) is 1.37. The Morgan fingerprint density at radius 2 is 2.35 bits per heavy atom. The van der Waals surface area contributed by atoms with Crippen molar-refractivity contribution in [1.29, 1.82) is 0 Å². The Hall–Kier alpha value is -1.55. The summed E-state index contributed by atoms with van der Waals surface area (Å²) >= 11 is 0. The number of nitrogens with one attached hydrogen (secondary N) is 1. The lowest BCUT2D eigenvalue weighted by atomic mass is 10.2. The van der Waals surface area contributed by atoms with Crippen molar-refractivity contribution >= 4 is 12.0 Å². The van der Waals surface area contributed by atoms with E-state index < -0.39 is 0 Å². The number of aryl methyl sites for hydroxylation is 1. The minimum Gasteiger partial charge on any atom is -0.462 e. The van der Waals surface area contributed by atoms with Gasteiger partial charge in [-0.1, -0.05) is 0 Å². The molecule has 0 spiro atoms. The maximum atomic E-state index is 11.4. The lowest BCUT2D eigenvalue weighted by Gasteiger charge is -2.03. The second-order valence-electron chi connectivity index (χ2n) is 4.06. The van der Waals surface area contributed by atoms with Crippen molar-refractivity contribution < 1.29 is 14.3 Å². The van der Waals surface area contributed by atoms with Gasteiger partial charge in [-0.25, -0.2) is 0 Å². The molecule has 94 valence electrons. The molecule has 1 heterocycles. The zero-order valence-corrected chi connectivity index (χ0v) is 10.3. The number of hydrogen-bond acceptors (Lipinski definition) is 3. The Balaban J connectivity index is 2.23. The van der Waals surface area contributed by atoms with Crippen molar-refractivity contribution in [3.63, 3.8) is 0 Å². The van der Waals surface area contributed by atoms with E-state index in [4.69, 9.17) is 9.52 Å². The fraction of sp³-hybridized carbons (Fsp3) is 0.462. The summed E-state index contributed by atoms with van der Waals surface area (Å²) in [5.41, 5.74) is 0. The molecule has 0 saturated carbocycles. The highest BCUT2D eigenvalue weighted by atomic mass is 16.3. The summed E-state index contributed by atoms with van der Waals surface area (Å²) < 4.78 is 5.29. The van der Waals surface area contributed by atoms with Gasteiger partial charge in [0.2, 0.25) is 5.91 Å². The second kappa shape index (κ2) is 6.91. The van der Waals surface area contributed by atoms with E-state index in [1.807, 2.05) is 19.1 Å². The molecule has 0 saturated heterocycles. The quantitative estimate of drug-likeness (QED) is 0.586. The first-order valence-corrected chi connectivity index (χ1v) is 5.78. The minimum absolute atomic E-state index is 0.148. The number of aliphatic hydroxyl groups is 1. The molecule has 0 aliphatic carbocycles. The predicted octanol–water partition coefficient (Wildman–Crippen LogP) is 1.88. The molecule has 4 heteroatoms. The fourth-order valence-corrected chi connectivity index (χ4v) is 1.37. The van der Waals surface area contributed by atoms with E-state index in [0.29, 0.717) is 18.7 Å². The molecule has 0 radical (unpaired) electrons. The zero-order valence-electron chi connectivity index (χ0n) is 10.3. The topological polar surface area (TPSA) is 62.5 Å². The number of rotatable bonds is 6. The Bertz CT molecular complexity index is 380. The summed E-state index contributed by atoms with van der Waals surface area (Å²) in [5, 5.41) is 11.8. The van der Waals surface area contributed by atoms with Gasteiger partial charge in [0.05, 0.1) is 6.10 Å². The number of carbonyl (C=O) groups excluding carboxylic acids is 1. The molecule has 2 N–H and O–H groups in total. The van der Waals surface area contributed by atoms with Crippen molar-refractivity contribution in [2.24, 2.45) is 0 Å². The van der Waals surface area contributed by atoms with Gasteiger partial charge in [-0.05, 0) is 44.9 Å². The van der Waals surface area contributed by atoms with Crippen LogP contribution in [0.15, 0.2) is 22.6 Å². The van der Waals surface area contributed by atoms with Gasteiger partial charge in [0, 0.05) is 12.6 Å². The van der Waals surface area contributed by atoms with E-state index >= 15 is 0 Å². The van der Waals surface area contributed by atoms with E-state index in [-0.39, 0.29) is 12.0 Å². The van der Waals surface area contributed by atoms with Crippen LogP contribution in [0.5, 0.6) is 0 Å². The number of carbonyl (C=O) groups is 1. The summed E-state index contributed by atoms with van der Waals surface area (Å²) in [6, 6.07) is 3.66. The Morgan fingerprint density at radius 3 is 2.94 bits per heavy atom. The maximum Gasteiger partial charge on any atom is 0.244 e. The van der Waals surface area contributed by atoms with Gasteiger partial charge < -0.3 is 14.8 Å². The molecule has 0 aromatic carbocycles. The van der Waals surface area contributed by atoms with Crippen molar-refractivity contribution in [3.05, 3.63) is 29.7 Å². The number of amides is 1. The molecule has 4 nitrogen and oxygen atoms in total. The summed E-state index contributed by atoms with van der Waals surface area (Å²) in [4.78, 5) is 11.4. The Labute approximate surface area is 101 Å². The van der Waals surface area contributed by atoms with E-state index in [0.717, 1.165) is 12.2 Å². The predicted molar refractivity (Wildman–Crippen MR) is 66.4 cm³/mol. The third-order valence-corrected chi connectivity index (χ3v) is 2.26. The third kappa shape index (κ3) is 5.92. The lowest BCUT2D eigenvalue weighted by Crippen LogP contribution is -2.22. The zero-order chi connectivity index (χ0) is 12.7. The molecule has 0 fully saturated rings. The average Bonchev–Trinajstić information content (AvgIpc) is 2.67. The highest BCUT2D eigenvalue weighted by Crippen LogP contribution is 2.07. The molecule has 1 rings (SSSR count). The van der Waals surface area contributed by atoms with Crippen LogP contribution >= 0.6 is 0 Å². The molecule has 17 heavy (non-hydrogen) atoms. The molecule has 1 aromatic rings. The van der Waals surface area contributed by atoms with Gasteiger partial charge in [0.25, 0.3) is 0 Å². The summed E-state index contributed by atoms with van der Waals surface area (Å²) in [7, 11) is 0. The molecule has 0 aliphatic rings. The van der Waals surface area contributed by atoms with Gasteiger partial charge in [-0.3, -0.25) is 4.79 Å². The van der Waals surface area contributed by atoms with Crippen molar-refractivity contribution in [3.8, 4) is 0 Å². The summed E-state index contributed by atoms with van der Waals surface area (Å²) in [5.74, 6) is 1.34. The van der Waals surface area contributed by atoms with Crippen LogP contribution in [0.1, 0.15) is 31.3 Å². The van der Waals surface area contributed by atoms with Crippen LogP contribution in [0.4, 0.5) is 0 Å². The smallest absolute Gasteiger partial charge is 0.244 e. The van der Waals surface area contributed by atoms with E-state index in [1.54, 1.807) is 13.0 Å². The van der Waals surface area contributed by atoms with Gasteiger partial charge in [-0.15, -0.1) is 0 Å². The number of hydrogen-bond donors (Lipinski definition) is 2. The molecule has 0 bridgehead atoms. The Kier molecular flexibility index (Phi) is 5.49. The summed E-state index contributed by atoms with van der Waals surface area (Å²) in [6.45, 7) is 4.17. The molecular weight excluding hydrogens is 218 g/mol. The first-order valence-electron chi connectivity index (χ1n) is 5.78. The van der Waals surface area contributed by atoms with Crippen molar-refractivity contribution in [2.75, 3.05) is 6.54 Å². The van der Waals surface area contributed by atoms with Crippen LogP contribution in [0, 0.1) is 6.92 Å². The first-order chi connectivity index (χ1) is 8.08. The standard InChI is InChI=1S/C13H19NO3/c1-10(15)4-3-9-14-13(16)8-7-12-6-5-11(2)17-12/h5-8,10,15H,3-4,9H2,1-2H3,(H,14,16)/b8-7+. The van der Waals surface area contributed by atoms with Gasteiger partial charge >= 0.3 is 0 Å². The molecule has 1 aromatic heterocycles. The molecule has 0 aliphatic heterocycles. The lowest BCUT2D eigenvalue weighted by molar-refractivity contribution is -0.116. The first kappa shape index (κ1) is 13.5. The highest BCUT2D eigenvalue weighted by Gasteiger charge is 1.98. The Morgan fingerprint density at radius 1 is 1.59 bits per heavy atom. The van der Waals surface area contributed by atoms with Crippen LogP contribution in [0.2, 0.25) is 0 Å². The number of furan rings is 1. The van der Waals surface area contributed by atoms with Crippen molar-refractivity contribution in [1.82, 2.24) is 5.32 Å². The van der Waals surface area contributed by atoms with Gasteiger partial charge in [0.15, 0.2) is 0 Å². The molecular formula is C13H19NO3. The van der Waals surface area contributed by atoms with Crippen LogP contribution < -0.4 is 5.32 Å². The second-order valence-corrected chi connectivity index (χ2v) is 4.06. The maximum absolute atomic E-state index is 11.4. The van der Waals surface area contributed by atoms with Crippen LogP contribution in [0.3, 0.4) is 0 Å². The minimum atomic E-state index is -0.312. The van der Waals surface area contributed by atoms with E-state index in [2.05, 4.69) is 5.32 Å².